The van der Waals surface area contributed by atoms with E-state index in [0.29, 0.717) is 0 Å². The fourth-order valence-electron chi connectivity index (χ4n) is 1.75. The van der Waals surface area contributed by atoms with Crippen LogP contribution in [0.3, 0.4) is 0 Å². The maximum Gasteiger partial charge on any atom is 0.255 e. The maximum atomic E-state index is 13.8. The molecule has 0 spiro atoms. The average Bonchev–Trinajstić information content (AvgIpc) is 2.41. The van der Waals surface area contributed by atoms with Gasteiger partial charge in [-0.25, -0.2) is 8.78 Å². The Morgan fingerprint density at radius 2 is 1.81 bits per heavy atom. The first-order valence-corrected chi connectivity index (χ1v) is 5.83. The lowest BCUT2D eigenvalue weighted by Gasteiger charge is -2.12. The van der Waals surface area contributed by atoms with Gasteiger partial charge in [0.25, 0.3) is 5.91 Å². The minimum atomic E-state index is -1.02. The Morgan fingerprint density at radius 3 is 2.43 bits per heavy atom. The normalized spacial score (nSPS) is 10.2. The van der Waals surface area contributed by atoms with Gasteiger partial charge < -0.3 is 20.9 Å². The van der Waals surface area contributed by atoms with Crippen LogP contribution < -0.4 is 20.9 Å². The molecule has 0 aliphatic rings. The molecule has 0 unspecified atom stereocenters. The maximum absolute atomic E-state index is 13.8. The summed E-state index contributed by atoms with van der Waals surface area (Å²) in [5.41, 5.74) is 10.2. The van der Waals surface area contributed by atoms with Crippen LogP contribution in [0.1, 0.15) is 10.4 Å². The summed E-state index contributed by atoms with van der Waals surface area (Å²) < 4.78 is 37.6. The Bertz CT molecular complexity index is 705. The summed E-state index contributed by atoms with van der Waals surface area (Å²) >= 11 is 0. The molecule has 0 aromatic heterocycles. The van der Waals surface area contributed by atoms with E-state index in [1.54, 1.807) is 0 Å². The second-order valence-electron chi connectivity index (χ2n) is 4.10. The van der Waals surface area contributed by atoms with Gasteiger partial charge in [-0.15, -0.1) is 0 Å². The number of hydrogen-bond donors (Lipinski definition) is 2. The van der Waals surface area contributed by atoms with E-state index in [1.165, 1.54) is 25.3 Å². The van der Waals surface area contributed by atoms with Crippen molar-refractivity contribution in [2.45, 2.75) is 0 Å². The van der Waals surface area contributed by atoms with E-state index in [2.05, 4.69) is 0 Å². The Labute approximate surface area is 119 Å². The summed E-state index contributed by atoms with van der Waals surface area (Å²) in [5.74, 6) is -2.95. The van der Waals surface area contributed by atoms with E-state index >= 15 is 0 Å². The van der Waals surface area contributed by atoms with Gasteiger partial charge in [0.05, 0.1) is 12.8 Å². The van der Waals surface area contributed by atoms with Crippen LogP contribution in [0.5, 0.6) is 17.2 Å². The Morgan fingerprint density at radius 1 is 1.10 bits per heavy atom. The van der Waals surface area contributed by atoms with Crippen molar-refractivity contribution in [1.82, 2.24) is 0 Å². The van der Waals surface area contributed by atoms with Gasteiger partial charge in [-0.1, -0.05) is 6.07 Å². The monoisotopic (exact) mass is 294 g/mol. The molecule has 4 N–H and O–H groups in total. The lowest BCUT2D eigenvalue weighted by atomic mass is 10.1. The first kappa shape index (κ1) is 14.6. The van der Waals surface area contributed by atoms with Gasteiger partial charge in [0, 0.05) is 12.1 Å². The second-order valence-corrected chi connectivity index (χ2v) is 4.10. The Kier molecular flexibility index (Phi) is 3.93. The summed E-state index contributed by atoms with van der Waals surface area (Å²) in [4.78, 5) is 11.3. The van der Waals surface area contributed by atoms with E-state index in [9.17, 15) is 13.6 Å². The number of amides is 1. The molecule has 0 radical (unpaired) electrons. The summed E-state index contributed by atoms with van der Waals surface area (Å²) in [6, 6.07) is 5.85. The number of halogens is 2. The number of hydrogen-bond acceptors (Lipinski definition) is 4. The largest absolute Gasteiger partial charge is 0.494 e. The van der Waals surface area contributed by atoms with Gasteiger partial charge in [-0.2, -0.15) is 0 Å². The summed E-state index contributed by atoms with van der Waals surface area (Å²) in [5, 5.41) is 0. The zero-order valence-corrected chi connectivity index (χ0v) is 11.0. The number of carbonyl (C=O) groups is 1. The number of rotatable bonds is 4. The van der Waals surface area contributed by atoms with Gasteiger partial charge in [0.1, 0.15) is 22.9 Å². The minimum Gasteiger partial charge on any atom is -0.494 e. The van der Waals surface area contributed by atoms with Crippen LogP contribution in [-0.4, -0.2) is 13.0 Å². The summed E-state index contributed by atoms with van der Waals surface area (Å²) in [7, 11) is 1.35. The molecule has 0 saturated heterocycles. The number of methoxy groups -OCH3 is 1. The summed E-state index contributed by atoms with van der Waals surface area (Å²) in [6.45, 7) is 0. The Hall–Kier alpha value is -2.83. The lowest BCUT2D eigenvalue weighted by molar-refractivity contribution is 0.0994. The quantitative estimate of drug-likeness (QED) is 0.848. The third-order valence-corrected chi connectivity index (χ3v) is 2.73. The number of primary amides is 1. The van der Waals surface area contributed by atoms with Crippen LogP contribution in [-0.2, 0) is 0 Å². The van der Waals surface area contributed by atoms with Crippen molar-refractivity contribution < 1.29 is 23.0 Å². The average molecular weight is 294 g/mol. The van der Waals surface area contributed by atoms with E-state index in [-0.39, 0.29) is 22.9 Å². The number of anilines is 1. The van der Waals surface area contributed by atoms with E-state index < -0.39 is 23.1 Å². The van der Waals surface area contributed by atoms with Crippen molar-refractivity contribution in [1.29, 1.82) is 0 Å². The summed E-state index contributed by atoms with van der Waals surface area (Å²) in [6.07, 6.45) is 0. The molecule has 0 aliphatic carbocycles. The van der Waals surface area contributed by atoms with Crippen LogP contribution in [0.15, 0.2) is 30.3 Å². The van der Waals surface area contributed by atoms with Crippen molar-refractivity contribution in [2.75, 3.05) is 12.8 Å². The highest BCUT2D eigenvalue weighted by atomic mass is 19.1. The third-order valence-electron chi connectivity index (χ3n) is 2.73. The molecular weight excluding hydrogens is 282 g/mol. The van der Waals surface area contributed by atoms with Gasteiger partial charge in [0.2, 0.25) is 0 Å². The zero-order chi connectivity index (χ0) is 15.6. The third kappa shape index (κ3) is 2.86. The molecule has 0 saturated carbocycles. The predicted octanol–water partition coefficient (Wildman–Crippen LogP) is 2.45. The SMILES string of the molecule is COc1cc(Oc2cccc(F)c2C(N)=O)c(F)cc1N. The molecule has 5 nitrogen and oxygen atoms in total. The molecule has 7 heteroatoms. The molecule has 21 heavy (non-hydrogen) atoms. The van der Waals surface area contributed by atoms with Crippen molar-refractivity contribution in [2.24, 2.45) is 5.73 Å². The van der Waals surface area contributed by atoms with Gasteiger partial charge in [-0.3, -0.25) is 4.79 Å². The van der Waals surface area contributed by atoms with Crippen LogP contribution in [0.25, 0.3) is 0 Å². The van der Waals surface area contributed by atoms with Gasteiger partial charge in [0.15, 0.2) is 11.6 Å². The Balaban J connectivity index is 2.48. The van der Waals surface area contributed by atoms with Gasteiger partial charge >= 0.3 is 0 Å². The lowest BCUT2D eigenvalue weighted by Crippen LogP contribution is -2.14. The van der Waals surface area contributed by atoms with E-state index in [1.807, 2.05) is 0 Å². The fourth-order valence-corrected chi connectivity index (χ4v) is 1.75. The van der Waals surface area contributed by atoms with Crippen LogP contribution in [0.4, 0.5) is 14.5 Å². The standard InChI is InChI=1S/C14H12F2N2O3/c1-20-12-6-11(8(16)5-9(12)17)21-10-4-2-3-7(15)13(10)14(18)19/h2-6H,17H2,1H3,(H2,18,19). The van der Waals surface area contributed by atoms with Crippen molar-refractivity contribution in [3.05, 3.63) is 47.5 Å². The van der Waals surface area contributed by atoms with E-state index in [0.717, 1.165) is 12.1 Å². The van der Waals surface area contributed by atoms with E-state index in [4.69, 9.17) is 20.9 Å². The molecule has 2 aromatic rings. The van der Waals surface area contributed by atoms with Crippen molar-refractivity contribution in [3.63, 3.8) is 0 Å². The first-order chi connectivity index (χ1) is 9.93. The topological polar surface area (TPSA) is 87.6 Å². The molecule has 0 heterocycles. The molecule has 2 rings (SSSR count). The van der Waals surface area contributed by atoms with Crippen molar-refractivity contribution >= 4 is 11.6 Å². The highest BCUT2D eigenvalue weighted by Crippen LogP contribution is 2.34. The highest BCUT2D eigenvalue weighted by Gasteiger charge is 2.18. The molecule has 0 fully saturated rings. The van der Waals surface area contributed by atoms with Crippen LogP contribution >= 0.6 is 0 Å². The molecule has 0 atom stereocenters. The number of nitrogen functional groups attached to an aromatic ring is 1. The van der Waals surface area contributed by atoms with Crippen LogP contribution in [0.2, 0.25) is 0 Å². The van der Waals surface area contributed by atoms with Crippen LogP contribution in [0, 0.1) is 11.6 Å². The molecule has 0 bridgehead atoms. The van der Waals surface area contributed by atoms with Gasteiger partial charge in [-0.05, 0) is 12.1 Å². The molecule has 2 aromatic carbocycles. The zero-order valence-electron chi connectivity index (χ0n) is 11.0. The molecule has 1 amide bonds. The number of ether oxygens (including phenoxy) is 2. The highest BCUT2D eigenvalue weighted by molar-refractivity contribution is 5.96. The molecule has 0 aliphatic heterocycles. The number of carbonyl (C=O) groups excluding carboxylic acids is 1. The number of nitrogens with two attached hydrogens (primary N) is 2. The fraction of sp³-hybridized carbons (Fsp3) is 0.0714. The number of benzene rings is 2. The molecule has 110 valence electrons. The minimum absolute atomic E-state index is 0.0803. The predicted molar refractivity (Wildman–Crippen MR) is 72.4 cm³/mol. The smallest absolute Gasteiger partial charge is 0.255 e. The molecular formula is C14H12F2N2O3. The first-order valence-electron chi connectivity index (χ1n) is 5.83. The van der Waals surface area contributed by atoms with Crippen molar-refractivity contribution in [3.8, 4) is 17.2 Å². The second kappa shape index (κ2) is 5.66.